The van der Waals surface area contributed by atoms with E-state index in [1.165, 1.54) is 12.1 Å². The molecule has 0 spiro atoms. The van der Waals surface area contributed by atoms with Crippen LogP contribution < -0.4 is 5.32 Å². The third-order valence-corrected chi connectivity index (χ3v) is 5.45. The van der Waals surface area contributed by atoms with E-state index in [-0.39, 0.29) is 11.7 Å². The molecule has 1 N–H and O–H groups in total. The third kappa shape index (κ3) is 4.30. The lowest BCUT2D eigenvalue weighted by molar-refractivity contribution is -0.121. The monoisotopic (exact) mass is 417 g/mol. The summed E-state index contributed by atoms with van der Waals surface area (Å²) in [5.41, 5.74) is 7.14. The summed E-state index contributed by atoms with van der Waals surface area (Å²) in [4.78, 5) is 21.2. The van der Waals surface area contributed by atoms with Crippen LogP contribution in [0.2, 0.25) is 0 Å². The maximum atomic E-state index is 13.4. The maximum Gasteiger partial charge on any atom is 0.220 e. The van der Waals surface area contributed by atoms with Crippen molar-refractivity contribution in [2.75, 3.05) is 0 Å². The number of aryl methyl sites for hydroxylation is 3. The summed E-state index contributed by atoms with van der Waals surface area (Å²) in [5.74, 6) is -0.298. The summed E-state index contributed by atoms with van der Waals surface area (Å²) < 4.78 is 15.2. The zero-order chi connectivity index (χ0) is 22.0. The van der Waals surface area contributed by atoms with E-state index in [1.54, 1.807) is 24.5 Å². The number of benzene rings is 1. The van der Waals surface area contributed by atoms with Gasteiger partial charge in [-0.15, -0.1) is 0 Å². The Hall–Kier alpha value is -3.61. The van der Waals surface area contributed by atoms with E-state index < -0.39 is 0 Å². The van der Waals surface area contributed by atoms with Crippen LogP contribution in [0.1, 0.15) is 34.6 Å². The van der Waals surface area contributed by atoms with Crippen molar-refractivity contribution in [2.45, 2.75) is 40.2 Å². The molecule has 0 aliphatic rings. The van der Waals surface area contributed by atoms with Crippen molar-refractivity contribution in [3.8, 4) is 11.1 Å². The normalized spacial score (nSPS) is 11.1. The van der Waals surface area contributed by atoms with Crippen molar-refractivity contribution in [1.29, 1.82) is 0 Å². The lowest BCUT2D eigenvalue weighted by Crippen LogP contribution is -2.23. The lowest BCUT2D eigenvalue weighted by Gasteiger charge is -2.12. The number of halogens is 1. The minimum Gasteiger partial charge on any atom is -0.352 e. The molecular formula is C24H24FN5O. The van der Waals surface area contributed by atoms with Gasteiger partial charge in [0.1, 0.15) is 5.82 Å². The van der Waals surface area contributed by atoms with Gasteiger partial charge in [-0.2, -0.15) is 5.10 Å². The van der Waals surface area contributed by atoms with Crippen LogP contribution in [0.4, 0.5) is 4.39 Å². The molecule has 0 saturated carbocycles. The highest BCUT2D eigenvalue weighted by Gasteiger charge is 2.18. The van der Waals surface area contributed by atoms with Crippen molar-refractivity contribution < 1.29 is 9.18 Å². The fourth-order valence-corrected chi connectivity index (χ4v) is 3.81. The summed E-state index contributed by atoms with van der Waals surface area (Å²) in [7, 11) is 0. The third-order valence-electron chi connectivity index (χ3n) is 5.45. The Morgan fingerprint density at radius 3 is 2.58 bits per heavy atom. The zero-order valence-corrected chi connectivity index (χ0v) is 17.8. The molecule has 7 heteroatoms. The molecule has 6 nitrogen and oxygen atoms in total. The SMILES string of the molecule is Cc1nc2c(-c3ccc(F)cc3)c(C)nn2c(C)c1CCC(=O)NCc1cccnc1. The van der Waals surface area contributed by atoms with Crippen LogP contribution in [-0.2, 0) is 17.8 Å². The summed E-state index contributed by atoms with van der Waals surface area (Å²) in [6.45, 7) is 6.33. The zero-order valence-electron chi connectivity index (χ0n) is 17.8. The Balaban J connectivity index is 1.55. The average molecular weight is 417 g/mol. The van der Waals surface area contributed by atoms with Crippen molar-refractivity contribution in [1.82, 2.24) is 24.9 Å². The van der Waals surface area contributed by atoms with Crippen LogP contribution in [-0.4, -0.2) is 25.5 Å². The van der Waals surface area contributed by atoms with Crippen molar-refractivity contribution in [3.05, 3.63) is 82.8 Å². The van der Waals surface area contributed by atoms with Gasteiger partial charge in [-0.1, -0.05) is 18.2 Å². The largest absolute Gasteiger partial charge is 0.352 e. The molecule has 4 aromatic rings. The van der Waals surface area contributed by atoms with Gasteiger partial charge >= 0.3 is 0 Å². The predicted molar refractivity (Wildman–Crippen MR) is 117 cm³/mol. The lowest BCUT2D eigenvalue weighted by atomic mass is 10.0. The number of hydrogen-bond donors (Lipinski definition) is 1. The number of nitrogens with one attached hydrogen (secondary N) is 1. The fourth-order valence-electron chi connectivity index (χ4n) is 3.81. The standard InChI is InChI=1S/C24H24FN5O/c1-15-21(10-11-22(31)27-14-18-5-4-12-26-13-18)17(3)30-24(28-15)23(16(2)29-30)19-6-8-20(25)9-7-19/h4-9,12-13H,10-11,14H2,1-3H3,(H,27,31). The van der Waals surface area contributed by atoms with Crippen molar-refractivity contribution >= 4 is 11.6 Å². The maximum absolute atomic E-state index is 13.4. The average Bonchev–Trinajstić information content (AvgIpc) is 3.09. The topological polar surface area (TPSA) is 72.2 Å². The second-order valence-corrected chi connectivity index (χ2v) is 7.60. The molecule has 1 aromatic carbocycles. The first-order valence-corrected chi connectivity index (χ1v) is 10.2. The summed E-state index contributed by atoms with van der Waals surface area (Å²) in [6, 6.07) is 10.1. The van der Waals surface area contributed by atoms with Gasteiger partial charge < -0.3 is 5.32 Å². The first-order valence-electron chi connectivity index (χ1n) is 10.2. The number of amides is 1. The van der Waals surface area contributed by atoms with Gasteiger partial charge in [0, 0.05) is 42.3 Å². The first kappa shape index (κ1) is 20.7. The number of carbonyl (C=O) groups is 1. The minimum atomic E-state index is -0.276. The molecule has 158 valence electrons. The molecule has 0 saturated heterocycles. The molecule has 4 rings (SSSR count). The van der Waals surface area contributed by atoms with Crippen LogP contribution >= 0.6 is 0 Å². The molecule has 0 aliphatic heterocycles. The van der Waals surface area contributed by atoms with Gasteiger partial charge in [-0.3, -0.25) is 9.78 Å². The molecular weight excluding hydrogens is 393 g/mol. The molecule has 0 fully saturated rings. The van der Waals surface area contributed by atoms with E-state index in [1.807, 2.05) is 37.4 Å². The minimum absolute atomic E-state index is 0.0219. The first-order chi connectivity index (χ1) is 14.9. The Morgan fingerprint density at radius 2 is 1.87 bits per heavy atom. The summed E-state index contributed by atoms with van der Waals surface area (Å²) in [5, 5.41) is 7.60. The molecule has 3 aromatic heterocycles. The number of hydrogen-bond acceptors (Lipinski definition) is 4. The van der Waals surface area contributed by atoms with Crippen LogP contribution in [0.15, 0.2) is 48.8 Å². The van der Waals surface area contributed by atoms with Crippen LogP contribution in [0.5, 0.6) is 0 Å². The molecule has 0 aliphatic carbocycles. The van der Waals surface area contributed by atoms with Gasteiger partial charge in [-0.05, 0) is 62.1 Å². The Labute approximate surface area is 180 Å². The van der Waals surface area contributed by atoms with E-state index in [4.69, 9.17) is 4.98 Å². The fraction of sp³-hybridized carbons (Fsp3) is 0.250. The number of fused-ring (bicyclic) bond motifs is 1. The summed E-state index contributed by atoms with van der Waals surface area (Å²) in [6.07, 6.45) is 4.38. The van der Waals surface area contributed by atoms with Gasteiger partial charge in [-0.25, -0.2) is 13.9 Å². The van der Waals surface area contributed by atoms with Gasteiger partial charge in [0.05, 0.1) is 5.69 Å². The highest BCUT2D eigenvalue weighted by molar-refractivity contribution is 5.80. The molecule has 0 unspecified atom stereocenters. The number of aromatic nitrogens is 4. The molecule has 3 heterocycles. The van der Waals surface area contributed by atoms with Gasteiger partial charge in [0.25, 0.3) is 0 Å². The van der Waals surface area contributed by atoms with E-state index in [0.29, 0.717) is 19.4 Å². The van der Waals surface area contributed by atoms with E-state index in [9.17, 15) is 9.18 Å². The van der Waals surface area contributed by atoms with Crippen LogP contribution in [0.3, 0.4) is 0 Å². The second kappa shape index (κ2) is 8.63. The molecule has 0 atom stereocenters. The molecule has 1 amide bonds. The van der Waals surface area contributed by atoms with Crippen LogP contribution in [0.25, 0.3) is 16.8 Å². The number of nitrogens with zero attached hydrogens (tertiary/aromatic N) is 4. The molecule has 0 bridgehead atoms. The predicted octanol–water partition coefficient (Wildman–Crippen LogP) is 4.10. The highest BCUT2D eigenvalue weighted by Crippen LogP contribution is 2.29. The van der Waals surface area contributed by atoms with E-state index in [0.717, 1.165) is 45.0 Å². The van der Waals surface area contributed by atoms with E-state index >= 15 is 0 Å². The smallest absolute Gasteiger partial charge is 0.220 e. The molecule has 0 radical (unpaired) electrons. The second-order valence-electron chi connectivity index (χ2n) is 7.60. The van der Waals surface area contributed by atoms with E-state index in [2.05, 4.69) is 15.4 Å². The molecule has 31 heavy (non-hydrogen) atoms. The van der Waals surface area contributed by atoms with Crippen LogP contribution in [0, 0.1) is 26.6 Å². The number of carbonyl (C=O) groups excluding carboxylic acids is 1. The highest BCUT2D eigenvalue weighted by atomic mass is 19.1. The van der Waals surface area contributed by atoms with Gasteiger partial charge in [0.2, 0.25) is 5.91 Å². The Morgan fingerprint density at radius 1 is 1.10 bits per heavy atom. The van der Waals surface area contributed by atoms with Crippen molar-refractivity contribution in [3.63, 3.8) is 0 Å². The number of pyridine rings is 1. The summed E-state index contributed by atoms with van der Waals surface area (Å²) >= 11 is 0. The van der Waals surface area contributed by atoms with Gasteiger partial charge in [0.15, 0.2) is 5.65 Å². The van der Waals surface area contributed by atoms with Crippen molar-refractivity contribution in [2.24, 2.45) is 0 Å². The number of rotatable bonds is 6. The quantitative estimate of drug-likeness (QED) is 0.513. The Kier molecular flexibility index (Phi) is 5.75. The Bertz CT molecular complexity index is 1230.